The number of hydrogen-bond donors (Lipinski definition) is 2. The molecular formula is C14H19NO4. The molecule has 1 saturated heterocycles. The summed E-state index contributed by atoms with van der Waals surface area (Å²) in [6, 6.07) is 6.56. The topological polar surface area (TPSA) is 70.0 Å². The minimum absolute atomic E-state index is 0.0265. The molecule has 1 amide bonds. The van der Waals surface area contributed by atoms with E-state index in [9.17, 15) is 15.0 Å². The van der Waals surface area contributed by atoms with Crippen LogP contribution >= 0.6 is 0 Å². The van der Waals surface area contributed by atoms with E-state index in [1.54, 1.807) is 30.0 Å². The molecule has 0 spiro atoms. The second kappa shape index (κ2) is 5.93. The van der Waals surface area contributed by atoms with Crippen LogP contribution in [0.15, 0.2) is 24.3 Å². The van der Waals surface area contributed by atoms with Crippen LogP contribution < -0.4 is 4.74 Å². The number of carbonyl (C=O) groups is 1. The number of aliphatic hydroxyl groups is 1. The fourth-order valence-corrected chi connectivity index (χ4v) is 2.22. The predicted octanol–water partition coefficient (Wildman–Crippen LogP) is 1.00. The van der Waals surface area contributed by atoms with Crippen molar-refractivity contribution in [3.8, 4) is 11.5 Å². The number of para-hydroxylation sites is 2. The van der Waals surface area contributed by atoms with Crippen molar-refractivity contribution >= 4 is 5.91 Å². The quantitative estimate of drug-likeness (QED) is 0.852. The summed E-state index contributed by atoms with van der Waals surface area (Å²) in [6.45, 7) is 2.88. The van der Waals surface area contributed by atoms with Gasteiger partial charge in [0.2, 0.25) is 0 Å². The van der Waals surface area contributed by atoms with E-state index in [1.165, 1.54) is 6.07 Å². The first-order chi connectivity index (χ1) is 9.08. The fourth-order valence-electron chi connectivity index (χ4n) is 2.22. The highest BCUT2D eigenvalue weighted by Gasteiger charge is 2.29. The third-order valence-electron chi connectivity index (χ3n) is 3.48. The van der Waals surface area contributed by atoms with Crippen molar-refractivity contribution in [3.63, 3.8) is 0 Å². The molecule has 2 atom stereocenters. The van der Waals surface area contributed by atoms with Gasteiger partial charge in [-0.3, -0.25) is 4.79 Å². The van der Waals surface area contributed by atoms with Crippen LogP contribution in [0.5, 0.6) is 11.5 Å². The molecular weight excluding hydrogens is 246 g/mol. The maximum Gasteiger partial charge on any atom is 0.260 e. The molecule has 2 rings (SSSR count). The number of ether oxygens (including phenoxy) is 1. The van der Waals surface area contributed by atoms with E-state index in [0.717, 1.165) is 6.42 Å². The Morgan fingerprint density at radius 1 is 1.53 bits per heavy atom. The lowest BCUT2D eigenvalue weighted by Crippen LogP contribution is -2.34. The Morgan fingerprint density at radius 3 is 2.89 bits per heavy atom. The SMILES string of the molecule is CC(O)C1CCN(C(=O)COc2ccccc2O)C1. The molecule has 1 heterocycles. The molecule has 2 N–H and O–H groups in total. The number of phenolic OH excluding ortho intramolecular Hbond substituents is 1. The first-order valence-corrected chi connectivity index (χ1v) is 6.44. The third-order valence-corrected chi connectivity index (χ3v) is 3.48. The van der Waals surface area contributed by atoms with Crippen LogP contribution in [0.25, 0.3) is 0 Å². The number of nitrogens with zero attached hydrogens (tertiary/aromatic N) is 1. The Balaban J connectivity index is 1.84. The summed E-state index contributed by atoms with van der Waals surface area (Å²) in [5, 5.41) is 19.0. The number of phenols is 1. The predicted molar refractivity (Wildman–Crippen MR) is 70.0 cm³/mol. The molecule has 1 aromatic rings. The standard InChI is InChI=1S/C14H19NO4/c1-10(16)11-6-7-15(8-11)14(18)9-19-13-5-3-2-4-12(13)17/h2-5,10-11,16-17H,6-9H2,1H3. The summed E-state index contributed by atoms with van der Waals surface area (Å²) in [5.41, 5.74) is 0. The lowest BCUT2D eigenvalue weighted by atomic mass is 10.0. The Hall–Kier alpha value is -1.75. The van der Waals surface area contributed by atoms with E-state index >= 15 is 0 Å². The largest absolute Gasteiger partial charge is 0.504 e. The Bertz CT molecular complexity index is 447. The molecule has 2 unspecified atom stereocenters. The van der Waals surface area contributed by atoms with E-state index in [-0.39, 0.29) is 24.2 Å². The molecule has 0 saturated carbocycles. The molecule has 0 aromatic heterocycles. The van der Waals surface area contributed by atoms with Gasteiger partial charge in [-0.25, -0.2) is 0 Å². The molecule has 0 radical (unpaired) electrons. The summed E-state index contributed by atoms with van der Waals surface area (Å²) in [7, 11) is 0. The zero-order valence-corrected chi connectivity index (χ0v) is 11.0. The number of aromatic hydroxyl groups is 1. The molecule has 1 aliphatic heterocycles. The lowest BCUT2D eigenvalue weighted by Gasteiger charge is -2.18. The highest BCUT2D eigenvalue weighted by molar-refractivity contribution is 5.78. The molecule has 5 nitrogen and oxygen atoms in total. The Kier molecular flexibility index (Phi) is 4.27. The molecule has 5 heteroatoms. The molecule has 0 aliphatic carbocycles. The van der Waals surface area contributed by atoms with Gasteiger partial charge in [-0.2, -0.15) is 0 Å². The molecule has 104 valence electrons. The van der Waals surface area contributed by atoms with Crippen LogP contribution in [-0.2, 0) is 4.79 Å². The second-order valence-electron chi connectivity index (χ2n) is 4.89. The van der Waals surface area contributed by atoms with Crippen LogP contribution in [0, 0.1) is 5.92 Å². The number of aliphatic hydroxyl groups excluding tert-OH is 1. The minimum Gasteiger partial charge on any atom is -0.504 e. The van der Waals surface area contributed by atoms with Crippen molar-refractivity contribution in [3.05, 3.63) is 24.3 Å². The first kappa shape index (κ1) is 13.7. The van der Waals surface area contributed by atoms with E-state index in [4.69, 9.17) is 4.74 Å². The zero-order valence-electron chi connectivity index (χ0n) is 11.0. The number of likely N-dealkylation sites (tertiary alicyclic amines) is 1. The van der Waals surface area contributed by atoms with Gasteiger partial charge in [-0.05, 0) is 25.5 Å². The number of rotatable bonds is 4. The normalized spacial score (nSPS) is 20.3. The number of benzene rings is 1. The highest BCUT2D eigenvalue weighted by Crippen LogP contribution is 2.25. The third kappa shape index (κ3) is 3.38. The van der Waals surface area contributed by atoms with E-state index in [0.29, 0.717) is 18.8 Å². The Morgan fingerprint density at radius 2 is 2.26 bits per heavy atom. The highest BCUT2D eigenvalue weighted by atomic mass is 16.5. The lowest BCUT2D eigenvalue weighted by molar-refractivity contribution is -0.132. The van der Waals surface area contributed by atoms with Gasteiger partial charge in [0.1, 0.15) is 0 Å². The summed E-state index contributed by atoms with van der Waals surface area (Å²) >= 11 is 0. The van der Waals surface area contributed by atoms with E-state index in [1.807, 2.05) is 0 Å². The van der Waals surface area contributed by atoms with Gasteiger partial charge >= 0.3 is 0 Å². The monoisotopic (exact) mass is 265 g/mol. The molecule has 1 aromatic carbocycles. The van der Waals surface area contributed by atoms with Crippen LogP contribution in [-0.4, -0.2) is 46.8 Å². The molecule has 19 heavy (non-hydrogen) atoms. The van der Waals surface area contributed by atoms with Crippen molar-refractivity contribution in [2.75, 3.05) is 19.7 Å². The smallest absolute Gasteiger partial charge is 0.260 e. The van der Waals surface area contributed by atoms with Crippen molar-refractivity contribution in [1.82, 2.24) is 4.90 Å². The van der Waals surface area contributed by atoms with Crippen LogP contribution in [0.3, 0.4) is 0 Å². The average molecular weight is 265 g/mol. The minimum atomic E-state index is -0.392. The van der Waals surface area contributed by atoms with Gasteiger partial charge in [-0.1, -0.05) is 12.1 Å². The van der Waals surface area contributed by atoms with Gasteiger partial charge < -0.3 is 19.8 Å². The van der Waals surface area contributed by atoms with Gasteiger partial charge in [0, 0.05) is 19.0 Å². The van der Waals surface area contributed by atoms with Crippen molar-refractivity contribution in [1.29, 1.82) is 0 Å². The molecule has 0 bridgehead atoms. The van der Waals surface area contributed by atoms with Gasteiger partial charge in [0.25, 0.3) is 5.91 Å². The molecule has 1 aliphatic rings. The van der Waals surface area contributed by atoms with Gasteiger partial charge in [0.15, 0.2) is 18.1 Å². The second-order valence-corrected chi connectivity index (χ2v) is 4.89. The fraction of sp³-hybridized carbons (Fsp3) is 0.500. The number of hydrogen-bond acceptors (Lipinski definition) is 4. The summed E-state index contributed by atoms with van der Waals surface area (Å²) in [4.78, 5) is 13.6. The van der Waals surface area contributed by atoms with Crippen LogP contribution in [0.1, 0.15) is 13.3 Å². The molecule has 1 fully saturated rings. The number of carbonyl (C=O) groups excluding carboxylic acids is 1. The van der Waals surface area contributed by atoms with Gasteiger partial charge in [-0.15, -0.1) is 0 Å². The maximum atomic E-state index is 11.9. The number of amides is 1. The van der Waals surface area contributed by atoms with Crippen molar-refractivity contribution < 1.29 is 19.7 Å². The van der Waals surface area contributed by atoms with Crippen LogP contribution in [0.4, 0.5) is 0 Å². The van der Waals surface area contributed by atoms with Crippen molar-refractivity contribution in [2.45, 2.75) is 19.4 Å². The van der Waals surface area contributed by atoms with Gasteiger partial charge in [0.05, 0.1) is 6.10 Å². The van der Waals surface area contributed by atoms with E-state index in [2.05, 4.69) is 0 Å². The summed E-state index contributed by atoms with van der Waals surface area (Å²) in [5.74, 6) is 0.362. The van der Waals surface area contributed by atoms with Crippen molar-refractivity contribution in [2.24, 2.45) is 5.92 Å². The average Bonchev–Trinajstić information content (AvgIpc) is 2.87. The zero-order chi connectivity index (χ0) is 13.8. The summed E-state index contributed by atoms with van der Waals surface area (Å²) in [6.07, 6.45) is 0.428. The first-order valence-electron chi connectivity index (χ1n) is 6.44. The summed E-state index contributed by atoms with van der Waals surface area (Å²) < 4.78 is 5.30. The Labute approximate surface area is 112 Å². The van der Waals surface area contributed by atoms with Crippen LogP contribution in [0.2, 0.25) is 0 Å². The van der Waals surface area contributed by atoms with E-state index < -0.39 is 6.10 Å². The maximum absolute atomic E-state index is 11.9.